The van der Waals surface area contributed by atoms with E-state index in [0.29, 0.717) is 10.8 Å². The minimum absolute atomic E-state index is 0.133. The summed E-state index contributed by atoms with van der Waals surface area (Å²) in [7, 11) is 0. The van der Waals surface area contributed by atoms with E-state index in [0.717, 1.165) is 0 Å². The summed E-state index contributed by atoms with van der Waals surface area (Å²) in [5.41, 5.74) is 0. The molecule has 5 nitrogen and oxygen atoms in total. The van der Waals surface area contributed by atoms with Crippen molar-refractivity contribution in [2.75, 3.05) is 13.2 Å². The van der Waals surface area contributed by atoms with Gasteiger partial charge < -0.3 is 4.74 Å². The average Bonchev–Trinajstić information content (AvgIpc) is 2.67. The molecule has 1 aliphatic heterocycles. The largest absolute Gasteiger partial charge is 0.491 e. The van der Waals surface area contributed by atoms with E-state index in [1.54, 1.807) is 0 Å². The van der Waals surface area contributed by atoms with Crippen LogP contribution in [-0.2, 0) is 14.4 Å². The van der Waals surface area contributed by atoms with E-state index in [4.69, 9.17) is 9.57 Å². The molecule has 1 heterocycles. The fraction of sp³-hybridized carbons (Fsp3) is 0.167. The monoisotopic (exact) mass is 233 g/mol. The van der Waals surface area contributed by atoms with E-state index in [9.17, 15) is 9.59 Å². The maximum Gasteiger partial charge on any atom is 0.277 e. The van der Waals surface area contributed by atoms with Gasteiger partial charge in [-0.2, -0.15) is 0 Å². The number of carbonyl (C=O) groups is 2. The van der Waals surface area contributed by atoms with E-state index in [-0.39, 0.29) is 13.2 Å². The number of rotatable bonds is 5. The molecule has 1 aromatic carbocycles. The van der Waals surface area contributed by atoms with Crippen LogP contribution in [0.15, 0.2) is 42.5 Å². The summed E-state index contributed by atoms with van der Waals surface area (Å²) in [5, 5.41) is 0.717. The van der Waals surface area contributed by atoms with Crippen molar-refractivity contribution in [2.24, 2.45) is 0 Å². The molecule has 1 aromatic rings. The van der Waals surface area contributed by atoms with E-state index in [1.165, 1.54) is 12.2 Å². The minimum atomic E-state index is -0.463. The Morgan fingerprint density at radius 2 is 1.59 bits per heavy atom. The van der Waals surface area contributed by atoms with Gasteiger partial charge in [-0.05, 0) is 12.1 Å². The highest BCUT2D eigenvalue weighted by Crippen LogP contribution is 2.08. The van der Waals surface area contributed by atoms with Gasteiger partial charge in [-0.15, -0.1) is 5.06 Å². The maximum atomic E-state index is 11.1. The van der Waals surface area contributed by atoms with Gasteiger partial charge in [0.1, 0.15) is 19.0 Å². The Hall–Kier alpha value is -2.14. The lowest BCUT2D eigenvalue weighted by Crippen LogP contribution is -2.31. The number of amides is 2. The SMILES string of the molecule is O=C1C=CC(=O)N1OCCOc1ccccc1. The van der Waals surface area contributed by atoms with Crippen LogP contribution in [0.5, 0.6) is 5.75 Å². The molecule has 2 amide bonds. The molecule has 0 aliphatic carbocycles. The number of para-hydroxylation sites is 1. The molecule has 17 heavy (non-hydrogen) atoms. The number of nitrogens with zero attached hydrogens (tertiary/aromatic N) is 1. The fourth-order valence-corrected chi connectivity index (χ4v) is 1.32. The van der Waals surface area contributed by atoms with E-state index < -0.39 is 11.8 Å². The predicted octanol–water partition coefficient (Wildman–Crippen LogP) is 0.922. The van der Waals surface area contributed by atoms with Crippen LogP contribution in [0.25, 0.3) is 0 Å². The Labute approximate surface area is 98.2 Å². The zero-order valence-corrected chi connectivity index (χ0v) is 9.04. The van der Waals surface area contributed by atoms with Gasteiger partial charge in [0, 0.05) is 12.2 Å². The van der Waals surface area contributed by atoms with E-state index in [1.807, 2.05) is 30.3 Å². The fourth-order valence-electron chi connectivity index (χ4n) is 1.32. The van der Waals surface area contributed by atoms with Crippen molar-refractivity contribution in [3.8, 4) is 5.75 Å². The molecule has 0 saturated carbocycles. The van der Waals surface area contributed by atoms with Crippen LogP contribution >= 0.6 is 0 Å². The summed E-state index contributed by atoms with van der Waals surface area (Å²) >= 11 is 0. The molecule has 0 aromatic heterocycles. The van der Waals surface area contributed by atoms with Crippen molar-refractivity contribution < 1.29 is 19.2 Å². The number of carbonyl (C=O) groups excluding carboxylic acids is 2. The van der Waals surface area contributed by atoms with Gasteiger partial charge in [0.15, 0.2) is 0 Å². The third-order valence-corrected chi connectivity index (χ3v) is 2.08. The quantitative estimate of drug-likeness (QED) is 0.560. The Kier molecular flexibility index (Phi) is 3.52. The van der Waals surface area contributed by atoms with Crippen molar-refractivity contribution in [3.05, 3.63) is 42.5 Å². The molecular formula is C12H11NO4. The first-order valence-corrected chi connectivity index (χ1v) is 5.14. The number of ether oxygens (including phenoxy) is 1. The Balaban J connectivity index is 1.70. The maximum absolute atomic E-state index is 11.1. The molecule has 88 valence electrons. The van der Waals surface area contributed by atoms with Crippen LogP contribution in [0, 0.1) is 0 Å². The van der Waals surface area contributed by atoms with Gasteiger partial charge in [-0.3, -0.25) is 14.4 Å². The lowest BCUT2D eigenvalue weighted by atomic mass is 10.3. The number of imide groups is 1. The summed E-state index contributed by atoms with van der Waals surface area (Å²) in [6.07, 6.45) is 2.33. The molecule has 0 bridgehead atoms. The summed E-state index contributed by atoms with van der Waals surface area (Å²) in [6.45, 7) is 0.398. The lowest BCUT2D eigenvalue weighted by molar-refractivity contribution is -0.187. The first kappa shape index (κ1) is 11.3. The second kappa shape index (κ2) is 5.27. The molecule has 0 radical (unpaired) electrons. The van der Waals surface area contributed by atoms with Crippen LogP contribution in [0.4, 0.5) is 0 Å². The zero-order valence-electron chi connectivity index (χ0n) is 9.04. The van der Waals surface area contributed by atoms with Crippen LogP contribution in [-0.4, -0.2) is 30.1 Å². The van der Waals surface area contributed by atoms with Crippen LogP contribution in [0.1, 0.15) is 0 Å². The second-order valence-corrected chi connectivity index (χ2v) is 3.30. The third kappa shape index (κ3) is 2.92. The third-order valence-electron chi connectivity index (χ3n) is 2.08. The van der Waals surface area contributed by atoms with Gasteiger partial charge in [-0.1, -0.05) is 18.2 Å². The van der Waals surface area contributed by atoms with E-state index >= 15 is 0 Å². The normalized spacial score (nSPS) is 14.5. The van der Waals surface area contributed by atoms with Gasteiger partial charge >= 0.3 is 0 Å². The molecule has 5 heteroatoms. The number of hydrogen-bond donors (Lipinski definition) is 0. The Morgan fingerprint density at radius 3 is 2.24 bits per heavy atom. The van der Waals surface area contributed by atoms with E-state index in [2.05, 4.69) is 0 Å². The molecule has 0 unspecified atom stereocenters. The second-order valence-electron chi connectivity index (χ2n) is 3.30. The van der Waals surface area contributed by atoms with Crippen LogP contribution in [0.3, 0.4) is 0 Å². The number of hydrogen-bond acceptors (Lipinski definition) is 4. The molecule has 0 atom stereocenters. The Morgan fingerprint density at radius 1 is 0.941 bits per heavy atom. The molecule has 2 rings (SSSR count). The molecule has 1 aliphatic rings. The standard InChI is InChI=1S/C12H11NO4/c14-11-6-7-12(15)13(11)17-9-8-16-10-4-2-1-3-5-10/h1-7H,8-9H2. The van der Waals surface area contributed by atoms with Gasteiger partial charge in [-0.25, -0.2) is 0 Å². The van der Waals surface area contributed by atoms with Crippen LogP contribution < -0.4 is 4.74 Å². The van der Waals surface area contributed by atoms with Gasteiger partial charge in [0.2, 0.25) is 0 Å². The van der Waals surface area contributed by atoms with Crippen molar-refractivity contribution >= 4 is 11.8 Å². The van der Waals surface area contributed by atoms with Crippen LogP contribution in [0.2, 0.25) is 0 Å². The molecule has 0 fully saturated rings. The molecule has 0 N–H and O–H groups in total. The highest BCUT2D eigenvalue weighted by molar-refractivity contribution is 6.11. The molecule has 0 spiro atoms. The lowest BCUT2D eigenvalue weighted by Gasteiger charge is -2.13. The average molecular weight is 233 g/mol. The van der Waals surface area contributed by atoms with Crippen molar-refractivity contribution in [2.45, 2.75) is 0 Å². The Bertz CT molecular complexity index is 423. The first-order chi connectivity index (χ1) is 8.27. The number of hydroxylamine groups is 2. The van der Waals surface area contributed by atoms with Crippen molar-refractivity contribution in [3.63, 3.8) is 0 Å². The highest BCUT2D eigenvalue weighted by Gasteiger charge is 2.24. The minimum Gasteiger partial charge on any atom is -0.491 e. The van der Waals surface area contributed by atoms with Gasteiger partial charge in [0.25, 0.3) is 11.8 Å². The summed E-state index contributed by atoms with van der Waals surface area (Å²) in [5.74, 6) is -0.210. The van der Waals surface area contributed by atoms with Crippen molar-refractivity contribution in [1.82, 2.24) is 5.06 Å². The summed E-state index contributed by atoms with van der Waals surface area (Å²) in [6, 6.07) is 9.22. The molecule has 0 saturated heterocycles. The summed E-state index contributed by atoms with van der Waals surface area (Å²) in [4.78, 5) is 27.2. The molecular weight excluding hydrogens is 222 g/mol. The van der Waals surface area contributed by atoms with Crippen molar-refractivity contribution in [1.29, 1.82) is 0 Å². The first-order valence-electron chi connectivity index (χ1n) is 5.14. The zero-order chi connectivity index (χ0) is 12.1. The predicted molar refractivity (Wildman–Crippen MR) is 58.9 cm³/mol. The van der Waals surface area contributed by atoms with Gasteiger partial charge in [0.05, 0.1) is 0 Å². The number of benzene rings is 1. The smallest absolute Gasteiger partial charge is 0.277 e. The highest BCUT2D eigenvalue weighted by atomic mass is 16.7. The summed E-state index contributed by atoms with van der Waals surface area (Å²) < 4.78 is 5.34. The topological polar surface area (TPSA) is 55.8 Å².